The molecular weight excluding hydrogens is 580 g/mol. The highest BCUT2D eigenvalue weighted by atomic mass is 16.2. The Morgan fingerprint density at radius 3 is 2.36 bits per heavy atom. The van der Waals surface area contributed by atoms with Gasteiger partial charge < -0.3 is 15.2 Å². The number of carbonyl (C=O) groups is 2. The molecule has 47 heavy (non-hydrogen) atoms. The second-order valence-corrected chi connectivity index (χ2v) is 12.8. The molecule has 0 spiro atoms. The van der Waals surface area contributed by atoms with Gasteiger partial charge >= 0.3 is 0 Å². The van der Waals surface area contributed by atoms with Gasteiger partial charge in [-0.15, -0.1) is 0 Å². The molecule has 0 bridgehead atoms. The molecule has 240 valence electrons. The minimum absolute atomic E-state index is 0.0524. The van der Waals surface area contributed by atoms with Crippen LogP contribution in [0.5, 0.6) is 0 Å². The summed E-state index contributed by atoms with van der Waals surface area (Å²) in [5.41, 5.74) is 13.0. The fraction of sp³-hybridized carbons (Fsp3) is 0.293. The molecule has 6 heteroatoms. The molecule has 0 aliphatic carbocycles. The van der Waals surface area contributed by atoms with Gasteiger partial charge in [-0.3, -0.25) is 9.59 Å². The monoisotopic (exact) mass is 627 g/mol. The van der Waals surface area contributed by atoms with E-state index in [-0.39, 0.29) is 28.9 Å². The normalized spacial score (nSPS) is 13.3. The number of nitrogens with zero attached hydrogens (tertiary/aromatic N) is 2. The van der Waals surface area contributed by atoms with Crippen molar-refractivity contribution in [1.82, 2.24) is 9.97 Å². The standard InChI is InChI=1S/C41H44N4O2/c1-10-36-42-34-18-19-45(35-21-24(4)26(6)29(9)38(35)39(34)44-36)41(47)30-15-17-33(25(5)20-30)43-40(46)32-16-14-23(3)28(8)37(32)31-13-11-12-22(2)27(31)7/h11-17,20-21H,10,18-19H2,1-9H3,(H,42,44)(H,43,46)/i15D,17D,20D. The number of H-pyrrole nitrogens is 1. The number of carbonyl (C=O) groups excluding carboxylic acids is 2. The van der Waals surface area contributed by atoms with E-state index in [9.17, 15) is 9.59 Å². The van der Waals surface area contributed by atoms with Crippen LogP contribution in [0.4, 0.5) is 11.4 Å². The maximum atomic E-state index is 14.5. The smallest absolute Gasteiger partial charge is 0.258 e. The van der Waals surface area contributed by atoms with E-state index in [1.165, 1.54) is 0 Å². The number of aromatic nitrogens is 2. The molecule has 2 N–H and O–H groups in total. The Hall–Kier alpha value is -4.97. The third-order valence-electron chi connectivity index (χ3n) is 9.97. The number of hydrogen-bond acceptors (Lipinski definition) is 3. The van der Waals surface area contributed by atoms with Crippen LogP contribution in [0.1, 0.15) is 87.8 Å². The average molecular weight is 628 g/mol. The highest BCUT2D eigenvalue weighted by molar-refractivity contribution is 6.11. The van der Waals surface area contributed by atoms with Gasteiger partial charge in [-0.05, 0) is 141 Å². The lowest BCUT2D eigenvalue weighted by molar-refractivity contribution is 0.0986. The second-order valence-electron chi connectivity index (χ2n) is 12.8. The maximum Gasteiger partial charge on any atom is 0.258 e. The van der Waals surface area contributed by atoms with Crippen LogP contribution < -0.4 is 10.2 Å². The van der Waals surface area contributed by atoms with Gasteiger partial charge in [0.05, 0.1) is 15.5 Å². The lowest BCUT2D eigenvalue weighted by Crippen LogP contribution is -2.33. The van der Waals surface area contributed by atoms with Gasteiger partial charge in [0.2, 0.25) is 0 Å². The van der Waals surface area contributed by atoms with Gasteiger partial charge in [0, 0.05) is 47.5 Å². The summed E-state index contributed by atoms with van der Waals surface area (Å²) >= 11 is 0. The van der Waals surface area contributed by atoms with Gasteiger partial charge in [0.25, 0.3) is 11.8 Å². The third kappa shape index (κ3) is 5.56. The summed E-state index contributed by atoms with van der Waals surface area (Å²) in [5, 5.41) is 2.88. The first-order valence-corrected chi connectivity index (χ1v) is 16.3. The van der Waals surface area contributed by atoms with E-state index in [1.807, 2.05) is 78.8 Å². The summed E-state index contributed by atoms with van der Waals surface area (Å²) in [4.78, 5) is 38.6. The number of hydrogen-bond donors (Lipinski definition) is 2. The van der Waals surface area contributed by atoms with Crippen LogP contribution >= 0.6 is 0 Å². The summed E-state index contributed by atoms with van der Waals surface area (Å²) < 4.78 is 27.2. The number of nitrogens with one attached hydrogen (secondary N) is 2. The molecular formula is C41H44N4O2. The van der Waals surface area contributed by atoms with E-state index in [0.717, 1.165) is 79.3 Å². The topological polar surface area (TPSA) is 78.1 Å². The largest absolute Gasteiger partial charge is 0.345 e. The first kappa shape index (κ1) is 28.3. The van der Waals surface area contributed by atoms with Gasteiger partial charge in [-0.25, -0.2) is 4.98 Å². The first-order chi connectivity index (χ1) is 23.7. The molecule has 6 nitrogen and oxygen atoms in total. The summed E-state index contributed by atoms with van der Waals surface area (Å²) in [6.07, 6.45) is 1.27. The molecule has 0 saturated heterocycles. The highest BCUT2D eigenvalue weighted by Gasteiger charge is 2.30. The van der Waals surface area contributed by atoms with Crippen molar-refractivity contribution in [2.24, 2.45) is 0 Å². The molecule has 5 aromatic rings. The van der Waals surface area contributed by atoms with E-state index in [1.54, 1.807) is 17.9 Å². The number of fused-ring (bicyclic) bond motifs is 3. The van der Waals surface area contributed by atoms with Gasteiger partial charge in [-0.1, -0.05) is 31.2 Å². The lowest BCUT2D eigenvalue weighted by Gasteiger charge is -2.26. The van der Waals surface area contributed by atoms with Crippen LogP contribution in [0.15, 0.2) is 54.5 Å². The first-order valence-electron chi connectivity index (χ1n) is 17.8. The number of imidazole rings is 1. The predicted molar refractivity (Wildman–Crippen MR) is 193 cm³/mol. The van der Waals surface area contributed by atoms with Crippen molar-refractivity contribution in [3.05, 3.63) is 122 Å². The van der Waals surface area contributed by atoms with Crippen molar-refractivity contribution >= 4 is 23.2 Å². The fourth-order valence-corrected chi connectivity index (χ4v) is 6.57. The Balaban J connectivity index is 1.43. The number of aryl methyl sites for hydroxylation is 4. The van der Waals surface area contributed by atoms with Crippen molar-refractivity contribution < 1.29 is 13.7 Å². The minimum atomic E-state index is -0.523. The average Bonchev–Trinajstić information content (AvgIpc) is 3.43. The van der Waals surface area contributed by atoms with Crippen molar-refractivity contribution in [3.63, 3.8) is 0 Å². The number of amides is 2. The Bertz CT molecular complexity index is 2220. The molecule has 4 aromatic carbocycles. The van der Waals surface area contributed by atoms with Crippen molar-refractivity contribution in [2.45, 2.75) is 75.2 Å². The minimum Gasteiger partial charge on any atom is -0.345 e. The molecule has 6 rings (SSSR count). The van der Waals surface area contributed by atoms with Gasteiger partial charge in [0.1, 0.15) is 5.82 Å². The van der Waals surface area contributed by atoms with Crippen LogP contribution in [0.2, 0.25) is 0 Å². The molecule has 0 atom stereocenters. The lowest BCUT2D eigenvalue weighted by atomic mass is 9.88. The highest BCUT2D eigenvalue weighted by Crippen LogP contribution is 2.41. The molecule has 2 amide bonds. The molecule has 2 heterocycles. The SMILES string of the molecule is [2H]c1c([2H])c(C(=O)N2CCc3[nH]c(CC)nc3-c3c2cc(C)c(C)c3C)c([2H])c(C)c1NC(=O)c1ccc(C)c(C)c1-c1cccc(C)c1C. The van der Waals surface area contributed by atoms with Crippen LogP contribution in [0.3, 0.4) is 0 Å². The van der Waals surface area contributed by atoms with Crippen LogP contribution in [0.25, 0.3) is 22.4 Å². The summed E-state index contributed by atoms with van der Waals surface area (Å²) in [5.74, 6) is -0.0822. The van der Waals surface area contributed by atoms with Crippen LogP contribution in [-0.4, -0.2) is 28.3 Å². The van der Waals surface area contributed by atoms with Gasteiger partial charge in [0.15, 0.2) is 0 Å². The Kier molecular flexibility index (Phi) is 7.41. The zero-order chi connectivity index (χ0) is 36.3. The van der Waals surface area contributed by atoms with E-state index >= 15 is 0 Å². The molecule has 1 aliphatic heterocycles. The molecule has 0 saturated carbocycles. The zero-order valence-electron chi connectivity index (χ0n) is 31.8. The van der Waals surface area contributed by atoms with Crippen molar-refractivity contribution in [3.8, 4) is 22.4 Å². The van der Waals surface area contributed by atoms with E-state index < -0.39 is 17.9 Å². The molecule has 0 radical (unpaired) electrons. The second kappa shape index (κ2) is 12.3. The van der Waals surface area contributed by atoms with Gasteiger partial charge in [-0.2, -0.15) is 0 Å². The molecule has 1 aromatic heterocycles. The quantitative estimate of drug-likeness (QED) is 0.204. The Morgan fingerprint density at radius 2 is 1.62 bits per heavy atom. The number of anilines is 2. The molecule has 0 fully saturated rings. The fourth-order valence-electron chi connectivity index (χ4n) is 6.57. The van der Waals surface area contributed by atoms with E-state index in [0.29, 0.717) is 24.2 Å². The van der Waals surface area contributed by atoms with E-state index in [2.05, 4.69) is 17.2 Å². The third-order valence-corrected chi connectivity index (χ3v) is 9.97. The van der Waals surface area contributed by atoms with Crippen LogP contribution in [0, 0.1) is 55.4 Å². The van der Waals surface area contributed by atoms with Crippen molar-refractivity contribution in [2.75, 3.05) is 16.8 Å². The Labute approximate surface area is 282 Å². The van der Waals surface area contributed by atoms with E-state index in [4.69, 9.17) is 9.10 Å². The zero-order valence-corrected chi connectivity index (χ0v) is 28.8. The maximum absolute atomic E-state index is 14.5. The summed E-state index contributed by atoms with van der Waals surface area (Å²) in [7, 11) is 0. The summed E-state index contributed by atoms with van der Waals surface area (Å²) in [6, 6.07) is 10.8. The summed E-state index contributed by atoms with van der Waals surface area (Å²) in [6.45, 7) is 18.2. The molecule has 0 unspecified atom stereocenters. The predicted octanol–water partition coefficient (Wildman–Crippen LogP) is 9.23. The number of aromatic amines is 1. The molecule has 1 aliphatic rings. The Morgan fingerprint density at radius 1 is 0.872 bits per heavy atom. The van der Waals surface area contributed by atoms with Crippen LogP contribution in [-0.2, 0) is 12.8 Å². The van der Waals surface area contributed by atoms with Crippen molar-refractivity contribution in [1.29, 1.82) is 0 Å². The number of benzene rings is 4. The number of rotatable bonds is 5.